The molecule has 0 saturated carbocycles. The molecule has 0 bridgehead atoms. The fourth-order valence-electron chi connectivity index (χ4n) is 1.37. The van der Waals surface area contributed by atoms with Crippen LogP contribution in [0.3, 0.4) is 0 Å². The SMILES string of the molecule is CCCCNc1nc(N)nc2[nH]ncc12. The minimum Gasteiger partial charge on any atom is -0.369 e. The summed E-state index contributed by atoms with van der Waals surface area (Å²) >= 11 is 0. The largest absolute Gasteiger partial charge is 0.369 e. The topological polar surface area (TPSA) is 92.5 Å². The number of hydrogen-bond donors (Lipinski definition) is 3. The Morgan fingerprint density at radius 2 is 2.33 bits per heavy atom. The monoisotopic (exact) mass is 206 g/mol. The van der Waals surface area contributed by atoms with Gasteiger partial charge < -0.3 is 11.1 Å². The molecule has 0 aromatic carbocycles. The van der Waals surface area contributed by atoms with E-state index in [9.17, 15) is 0 Å². The number of H-pyrrole nitrogens is 1. The molecule has 2 rings (SSSR count). The van der Waals surface area contributed by atoms with Gasteiger partial charge >= 0.3 is 0 Å². The number of nitrogen functional groups attached to an aromatic ring is 1. The molecule has 80 valence electrons. The Morgan fingerprint density at radius 1 is 1.47 bits per heavy atom. The molecule has 0 saturated heterocycles. The van der Waals surface area contributed by atoms with E-state index in [4.69, 9.17) is 5.73 Å². The van der Waals surface area contributed by atoms with Crippen molar-refractivity contribution in [2.75, 3.05) is 17.6 Å². The molecule has 6 heteroatoms. The lowest BCUT2D eigenvalue weighted by Crippen LogP contribution is -2.06. The number of unbranched alkanes of at least 4 members (excludes halogenated alkanes) is 1. The lowest BCUT2D eigenvalue weighted by molar-refractivity contribution is 0.832. The molecule has 0 atom stereocenters. The van der Waals surface area contributed by atoms with E-state index >= 15 is 0 Å². The summed E-state index contributed by atoms with van der Waals surface area (Å²) in [6.07, 6.45) is 3.94. The van der Waals surface area contributed by atoms with Crippen molar-refractivity contribution in [1.82, 2.24) is 20.2 Å². The average molecular weight is 206 g/mol. The summed E-state index contributed by atoms with van der Waals surface area (Å²) < 4.78 is 0. The van der Waals surface area contributed by atoms with Crippen molar-refractivity contribution >= 4 is 22.8 Å². The zero-order valence-electron chi connectivity index (χ0n) is 8.62. The molecular formula is C9H14N6. The van der Waals surface area contributed by atoms with Crippen LogP contribution in [0.2, 0.25) is 0 Å². The maximum atomic E-state index is 5.58. The number of fused-ring (bicyclic) bond motifs is 1. The summed E-state index contributed by atoms with van der Waals surface area (Å²) in [6.45, 7) is 3.02. The van der Waals surface area contributed by atoms with Gasteiger partial charge in [-0.2, -0.15) is 15.1 Å². The standard InChI is InChI=1S/C9H14N6/c1-2-3-4-11-7-6-5-12-15-8(6)14-9(10)13-7/h5H,2-4H2,1H3,(H4,10,11,12,13,14,15). The Morgan fingerprint density at radius 3 is 3.13 bits per heavy atom. The van der Waals surface area contributed by atoms with E-state index in [1.165, 1.54) is 0 Å². The first-order chi connectivity index (χ1) is 7.31. The normalized spacial score (nSPS) is 10.7. The predicted molar refractivity (Wildman–Crippen MR) is 59.5 cm³/mol. The van der Waals surface area contributed by atoms with Crippen LogP contribution in [0.5, 0.6) is 0 Å². The number of nitrogens with zero attached hydrogens (tertiary/aromatic N) is 3. The van der Waals surface area contributed by atoms with Crippen LogP contribution >= 0.6 is 0 Å². The summed E-state index contributed by atoms with van der Waals surface area (Å²) in [4.78, 5) is 8.17. The van der Waals surface area contributed by atoms with Crippen LogP contribution in [-0.2, 0) is 0 Å². The molecule has 2 aromatic heterocycles. The summed E-state index contributed by atoms with van der Waals surface area (Å²) in [5.74, 6) is 1.01. The van der Waals surface area contributed by atoms with Gasteiger partial charge in [0.15, 0.2) is 5.65 Å². The molecule has 15 heavy (non-hydrogen) atoms. The van der Waals surface area contributed by atoms with Crippen molar-refractivity contribution in [2.45, 2.75) is 19.8 Å². The van der Waals surface area contributed by atoms with Crippen LogP contribution < -0.4 is 11.1 Å². The van der Waals surface area contributed by atoms with Gasteiger partial charge in [-0.3, -0.25) is 5.10 Å². The van der Waals surface area contributed by atoms with Crippen LogP contribution in [0.25, 0.3) is 11.0 Å². The van der Waals surface area contributed by atoms with Gasteiger partial charge in [-0.25, -0.2) is 0 Å². The number of rotatable bonds is 4. The van der Waals surface area contributed by atoms with Crippen LogP contribution in [0.4, 0.5) is 11.8 Å². The van der Waals surface area contributed by atoms with Crippen LogP contribution in [0.15, 0.2) is 6.20 Å². The molecule has 0 spiro atoms. The van der Waals surface area contributed by atoms with E-state index in [-0.39, 0.29) is 5.95 Å². The number of hydrogen-bond acceptors (Lipinski definition) is 5. The molecule has 0 aliphatic carbocycles. The molecule has 6 nitrogen and oxygen atoms in total. The average Bonchev–Trinajstić information content (AvgIpc) is 2.65. The Balaban J connectivity index is 2.27. The van der Waals surface area contributed by atoms with Crippen molar-refractivity contribution in [3.05, 3.63) is 6.20 Å². The van der Waals surface area contributed by atoms with Gasteiger partial charge in [-0.05, 0) is 6.42 Å². The molecule has 4 N–H and O–H groups in total. The van der Waals surface area contributed by atoms with Gasteiger partial charge in [0.05, 0.1) is 11.6 Å². The number of nitrogens with two attached hydrogens (primary N) is 1. The van der Waals surface area contributed by atoms with E-state index in [0.717, 1.165) is 30.6 Å². The van der Waals surface area contributed by atoms with Gasteiger partial charge in [0.1, 0.15) is 5.82 Å². The molecule has 0 aliphatic heterocycles. The first kappa shape index (κ1) is 9.70. The third kappa shape index (κ3) is 1.98. The first-order valence-electron chi connectivity index (χ1n) is 5.01. The number of aromatic amines is 1. The van der Waals surface area contributed by atoms with Crippen LogP contribution in [-0.4, -0.2) is 26.7 Å². The highest BCUT2D eigenvalue weighted by atomic mass is 15.2. The number of anilines is 2. The summed E-state index contributed by atoms with van der Waals surface area (Å²) in [7, 11) is 0. The molecule has 2 heterocycles. The number of aromatic nitrogens is 4. The van der Waals surface area contributed by atoms with Gasteiger partial charge in [0, 0.05) is 6.54 Å². The predicted octanol–water partition coefficient (Wildman–Crippen LogP) is 1.15. The Labute approximate surface area is 87.3 Å². The summed E-state index contributed by atoms with van der Waals surface area (Å²) in [5.41, 5.74) is 6.25. The molecule has 0 radical (unpaired) electrons. The highest BCUT2D eigenvalue weighted by Gasteiger charge is 2.06. The lowest BCUT2D eigenvalue weighted by Gasteiger charge is -2.05. The van der Waals surface area contributed by atoms with Gasteiger partial charge in [0.25, 0.3) is 0 Å². The minimum absolute atomic E-state index is 0.255. The van der Waals surface area contributed by atoms with E-state index in [1.54, 1.807) is 6.20 Å². The minimum atomic E-state index is 0.255. The second-order valence-corrected chi connectivity index (χ2v) is 3.34. The first-order valence-corrected chi connectivity index (χ1v) is 5.01. The number of nitrogens with one attached hydrogen (secondary N) is 2. The van der Waals surface area contributed by atoms with Crippen molar-refractivity contribution in [3.63, 3.8) is 0 Å². The molecular weight excluding hydrogens is 192 g/mol. The van der Waals surface area contributed by atoms with E-state index in [1.807, 2.05) is 0 Å². The Bertz CT molecular complexity index is 449. The third-order valence-electron chi connectivity index (χ3n) is 2.15. The fourth-order valence-corrected chi connectivity index (χ4v) is 1.37. The van der Waals surface area contributed by atoms with Crippen molar-refractivity contribution in [1.29, 1.82) is 0 Å². The van der Waals surface area contributed by atoms with E-state index in [0.29, 0.717) is 5.65 Å². The Hall–Kier alpha value is -1.85. The van der Waals surface area contributed by atoms with Gasteiger partial charge in [-0.1, -0.05) is 13.3 Å². The molecule has 0 amide bonds. The van der Waals surface area contributed by atoms with Crippen molar-refractivity contribution < 1.29 is 0 Å². The highest BCUT2D eigenvalue weighted by Crippen LogP contribution is 2.18. The third-order valence-corrected chi connectivity index (χ3v) is 2.15. The van der Waals surface area contributed by atoms with Crippen LogP contribution in [0, 0.1) is 0 Å². The van der Waals surface area contributed by atoms with E-state index in [2.05, 4.69) is 32.4 Å². The lowest BCUT2D eigenvalue weighted by atomic mass is 10.3. The molecule has 0 fully saturated rings. The molecule has 2 aromatic rings. The van der Waals surface area contributed by atoms with Crippen molar-refractivity contribution in [3.8, 4) is 0 Å². The zero-order valence-corrected chi connectivity index (χ0v) is 8.62. The maximum Gasteiger partial charge on any atom is 0.224 e. The molecule has 0 unspecified atom stereocenters. The quantitative estimate of drug-likeness (QED) is 0.652. The van der Waals surface area contributed by atoms with Gasteiger partial charge in [-0.15, -0.1) is 0 Å². The smallest absolute Gasteiger partial charge is 0.224 e. The van der Waals surface area contributed by atoms with Gasteiger partial charge in [0.2, 0.25) is 5.95 Å². The highest BCUT2D eigenvalue weighted by molar-refractivity contribution is 5.86. The summed E-state index contributed by atoms with van der Waals surface area (Å²) in [6, 6.07) is 0. The summed E-state index contributed by atoms with van der Waals surface area (Å²) in [5, 5.41) is 10.8. The fraction of sp³-hybridized carbons (Fsp3) is 0.444. The van der Waals surface area contributed by atoms with E-state index < -0.39 is 0 Å². The second-order valence-electron chi connectivity index (χ2n) is 3.34. The second kappa shape index (κ2) is 4.12. The zero-order chi connectivity index (χ0) is 10.7. The van der Waals surface area contributed by atoms with Crippen molar-refractivity contribution in [2.24, 2.45) is 0 Å². The molecule has 0 aliphatic rings. The Kier molecular flexibility index (Phi) is 2.66. The maximum absolute atomic E-state index is 5.58. The van der Waals surface area contributed by atoms with Crippen LogP contribution in [0.1, 0.15) is 19.8 Å².